The van der Waals surface area contributed by atoms with E-state index in [1.807, 2.05) is 0 Å². The first-order chi connectivity index (χ1) is 16.6. The lowest BCUT2D eigenvalue weighted by Gasteiger charge is -2.27. The number of sulfonamides is 1. The lowest BCUT2D eigenvalue weighted by molar-refractivity contribution is -0.116. The van der Waals surface area contributed by atoms with Crippen LogP contribution in [0.3, 0.4) is 0 Å². The SMILES string of the molecule is COc1ccc(C(O)c2cc(Cl)ccc2N(CC(N)=O)S(=O)(=O)c2ccc(OC)c(OC)c2)cc1. The zero-order valence-electron chi connectivity index (χ0n) is 19.3. The largest absolute Gasteiger partial charge is 0.497 e. The summed E-state index contributed by atoms with van der Waals surface area (Å²) in [5.74, 6) is 0.199. The van der Waals surface area contributed by atoms with Gasteiger partial charge in [-0.15, -0.1) is 0 Å². The Morgan fingerprint density at radius 2 is 1.63 bits per heavy atom. The molecule has 0 fully saturated rings. The molecule has 3 N–H and O–H groups in total. The minimum absolute atomic E-state index is 0.0336. The summed E-state index contributed by atoms with van der Waals surface area (Å²) in [6.45, 7) is -0.680. The number of carbonyl (C=O) groups is 1. The van der Waals surface area contributed by atoms with Gasteiger partial charge in [-0.25, -0.2) is 8.42 Å². The van der Waals surface area contributed by atoms with Crippen molar-refractivity contribution in [2.45, 2.75) is 11.0 Å². The molecule has 0 heterocycles. The summed E-state index contributed by atoms with van der Waals surface area (Å²) in [6.07, 6.45) is -1.27. The Balaban J connectivity index is 2.17. The Bertz CT molecular complexity index is 1310. The van der Waals surface area contributed by atoms with Crippen LogP contribution < -0.4 is 24.2 Å². The smallest absolute Gasteiger partial charge is 0.264 e. The molecular weight excluding hydrogens is 496 g/mol. The number of rotatable bonds is 10. The summed E-state index contributed by atoms with van der Waals surface area (Å²) >= 11 is 6.19. The number of hydrogen-bond donors (Lipinski definition) is 2. The molecule has 0 aliphatic carbocycles. The van der Waals surface area contributed by atoms with Gasteiger partial charge in [0.2, 0.25) is 5.91 Å². The number of anilines is 1. The van der Waals surface area contributed by atoms with Crippen LogP contribution in [0, 0.1) is 0 Å². The highest BCUT2D eigenvalue weighted by molar-refractivity contribution is 7.92. The zero-order chi connectivity index (χ0) is 25.8. The van der Waals surface area contributed by atoms with Crippen molar-refractivity contribution in [2.75, 3.05) is 32.2 Å². The Hall–Kier alpha value is -3.47. The molecule has 3 rings (SSSR count). The molecule has 35 heavy (non-hydrogen) atoms. The summed E-state index contributed by atoms with van der Waals surface area (Å²) < 4.78 is 43.8. The standard InChI is InChI=1S/C24H25ClN2O7S/c1-32-17-7-4-15(5-8-17)24(29)19-12-16(25)6-10-20(19)27(14-23(26)28)35(30,31)18-9-11-21(33-2)22(13-18)34-3/h4-13,24,29H,14H2,1-3H3,(H2,26,28). The van der Waals surface area contributed by atoms with Gasteiger partial charge in [-0.3, -0.25) is 9.10 Å². The number of methoxy groups -OCH3 is 3. The quantitative estimate of drug-likeness (QED) is 0.420. The number of amides is 1. The van der Waals surface area contributed by atoms with Crippen LogP contribution in [0.5, 0.6) is 17.2 Å². The van der Waals surface area contributed by atoms with Crippen LogP contribution >= 0.6 is 11.6 Å². The van der Waals surface area contributed by atoms with Crippen LogP contribution in [0.15, 0.2) is 65.6 Å². The van der Waals surface area contributed by atoms with Crippen molar-refractivity contribution in [3.05, 3.63) is 76.8 Å². The number of halogens is 1. The van der Waals surface area contributed by atoms with Crippen molar-refractivity contribution in [3.8, 4) is 17.2 Å². The molecular formula is C24H25ClN2O7S. The maximum absolute atomic E-state index is 13.7. The Kier molecular flexibility index (Phi) is 8.11. The number of primary amides is 1. The highest BCUT2D eigenvalue weighted by Crippen LogP contribution is 2.37. The molecule has 3 aromatic carbocycles. The van der Waals surface area contributed by atoms with Crippen molar-refractivity contribution in [1.29, 1.82) is 0 Å². The van der Waals surface area contributed by atoms with Crippen LogP contribution in [0.4, 0.5) is 5.69 Å². The van der Waals surface area contributed by atoms with Crippen LogP contribution in [-0.4, -0.2) is 47.3 Å². The van der Waals surface area contributed by atoms with Gasteiger partial charge in [-0.2, -0.15) is 0 Å². The first-order valence-electron chi connectivity index (χ1n) is 10.3. The monoisotopic (exact) mass is 520 g/mol. The first-order valence-corrected chi connectivity index (χ1v) is 12.1. The summed E-state index contributed by atoms with van der Waals surface area (Å²) in [6, 6.07) is 14.9. The Morgan fingerprint density at radius 1 is 0.971 bits per heavy atom. The summed E-state index contributed by atoms with van der Waals surface area (Å²) in [7, 11) is -0.0351. The van der Waals surface area contributed by atoms with Crippen LogP contribution in [0.1, 0.15) is 17.2 Å². The summed E-state index contributed by atoms with van der Waals surface area (Å²) in [5.41, 5.74) is 6.06. The normalized spacial score (nSPS) is 12.0. The predicted octanol–water partition coefficient (Wildman–Crippen LogP) is 3.13. The molecule has 1 atom stereocenters. The van der Waals surface area contributed by atoms with E-state index < -0.39 is 28.6 Å². The molecule has 3 aromatic rings. The van der Waals surface area contributed by atoms with Gasteiger partial charge in [0, 0.05) is 16.7 Å². The third-order valence-corrected chi connectivity index (χ3v) is 7.22. The topological polar surface area (TPSA) is 128 Å². The van der Waals surface area contributed by atoms with Crippen molar-refractivity contribution in [1.82, 2.24) is 0 Å². The van der Waals surface area contributed by atoms with E-state index in [2.05, 4.69) is 0 Å². The molecule has 1 unspecified atom stereocenters. The van der Waals surface area contributed by atoms with E-state index in [9.17, 15) is 18.3 Å². The molecule has 1 amide bonds. The van der Waals surface area contributed by atoms with Gasteiger partial charge in [-0.1, -0.05) is 23.7 Å². The molecule has 0 spiro atoms. The average molecular weight is 521 g/mol. The maximum atomic E-state index is 13.7. The van der Waals surface area contributed by atoms with Gasteiger partial charge in [0.25, 0.3) is 10.0 Å². The molecule has 0 aliphatic rings. The van der Waals surface area contributed by atoms with Gasteiger partial charge in [0.15, 0.2) is 11.5 Å². The molecule has 0 bridgehead atoms. The highest BCUT2D eigenvalue weighted by atomic mass is 35.5. The lowest BCUT2D eigenvalue weighted by Crippen LogP contribution is -2.39. The molecule has 9 nitrogen and oxygen atoms in total. The molecule has 0 saturated carbocycles. The van der Waals surface area contributed by atoms with E-state index in [0.29, 0.717) is 17.1 Å². The number of hydrogen-bond acceptors (Lipinski definition) is 7. The minimum Gasteiger partial charge on any atom is -0.497 e. The maximum Gasteiger partial charge on any atom is 0.264 e. The number of nitrogens with zero attached hydrogens (tertiary/aromatic N) is 1. The number of nitrogens with two attached hydrogens (primary N) is 1. The van der Waals surface area contributed by atoms with Crippen molar-refractivity contribution >= 4 is 33.2 Å². The molecule has 0 aliphatic heterocycles. The van der Waals surface area contributed by atoms with E-state index >= 15 is 0 Å². The number of aliphatic hydroxyl groups excluding tert-OH is 1. The van der Waals surface area contributed by atoms with Gasteiger partial charge in [-0.05, 0) is 48.0 Å². The molecule has 0 saturated heterocycles. The van der Waals surface area contributed by atoms with Gasteiger partial charge < -0.3 is 25.1 Å². The third kappa shape index (κ3) is 5.61. The summed E-state index contributed by atoms with van der Waals surface area (Å²) in [5, 5.41) is 11.4. The molecule has 0 aromatic heterocycles. The first kappa shape index (κ1) is 26.1. The fourth-order valence-corrected chi connectivity index (χ4v) is 5.14. The molecule has 186 valence electrons. The Morgan fingerprint density at radius 3 is 2.20 bits per heavy atom. The van der Waals surface area contributed by atoms with Crippen LogP contribution in [0.25, 0.3) is 0 Å². The van der Waals surface area contributed by atoms with Crippen molar-refractivity contribution < 1.29 is 32.5 Å². The second-order valence-corrected chi connectivity index (χ2v) is 9.67. The average Bonchev–Trinajstić information content (AvgIpc) is 2.86. The van der Waals surface area contributed by atoms with E-state index in [1.54, 1.807) is 24.3 Å². The number of aliphatic hydroxyl groups is 1. The molecule has 11 heteroatoms. The Labute approximate surface area is 208 Å². The van der Waals surface area contributed by atoms with Crippen LogP contribution in [0.2, 0.25) is 5.02 Å². The molecule has 0 radical (unpaired) electrons. The third-order valence-electron chi connectivity index (χ3n) is 5.23. The highest BCUT2D eigenvalue weighted by Gasteiger charge is 2.31. The van der Waals surface area contributed by atoms with E-state index in [-0.39, 0.29) is 26.9 Å². The second kappa shape index (κ2) is 10.9. The number of ether oxygens (including phenoxy) is 3. The van der Waals surface area contributed by atoms with Gasteiger partial charge >= 0.3 is 0 Å². The minimum atomic E-state index is -4.35. The number of carbonyl (C=O) groups excluding carboxylic acids is 1. The van der Waals surface area contributed by atoms with Crippen molar-refractivity contribution in [3.63, 3.8) is 0 Å². The fraction of sp³-hybridized carbons (Fsp3) is 0.208. The second-order valence-electron chi connectivity index (χ2n) is 7.37. The summed E-state index contributed by atoms with van der Waals surface area (Å²) in [4.78, 5) is 11.8. The van der Waals surface area contributed by atoms with Crippen LogP contribution in [-0.2, 0) is 14.8 Å². The zero-order valence-corrected chi connectivity index (χ0v) is 20.8. The van der Waals surface area contributed by atoms with Gasteiger partial charge in [0.05, 0.1) is 31.9 Å². The lowest BCUT2D eigenvalue weighted by atomic mass is 9.99. The van der Waals surface area contributed by atoms with Gasteiger partial charge in [0.1, 0.15) is 18.4 Å². The predicted molar refractivity (Wildman–Crippen MR) is 132 cm³/mol. The van der Waals surface area contributed by atoms with Crippen molar-refractivity contribution in [2.24, 2.45) is 5.73 Å². The van der Waals surface area contributed by atoms with E-state index in [4.69, 9.17) is 31.5 Å². The fourth-order valence-electron chi connectivity index (χ4n) is 3.48. The van der Waals surface area contributed by atoms with E-state index in [0.717, 1.165) is 4.31 Å². The van der Waals surface area contributed by atoms with E-state index in [1.165, 1.54) is 57.7 Å². The number of benzene rings is 3.